The molecule has 1 aromatic carbocycles. The topological polar surface area (TPSA) is 54.4 Å². The fourth-order valence-corrected chi connectivity index (χ4v) is 4.15. The van der Waals surface area contributed by atoms with E-state index in [0.717, 1.165) is 69.3 Å². The molecule has 0 bridgehead atoms. The Morgan fingerprint density at radius 1 is 1.25 bits per heavy atom. The van der Waals surface area contributed by atoms with Crippen molar-refractivity contribution in [2.24, 2.45) is 5.92 Å². The molecule has 0 aromatic heterocycles. The molecule has 1 N–H and O–H groups in total. The Morgan fingerprint density at radius 3 is 2.71 bits per heavy atom. The average molecular weight is 393 g/mol. The summed E-state index contributed by atoms with van der Waals surface area (Å²) in [5.41, 5.74) is 1.13. The molecule has 1 unspecified atom stereocenters. The molecule has 0 amide bonds. The van der Waals surface area contributed by atoms with Crippen molar-refractivity contribution in [3.63, 3.8) is 0 Å². The Bertz CT molecular complexity index is 586. The molecule has 0 aliphatic carbocycles. The van der Waals surface area contributed by atoms with Crippen LogP contribution in [0.4, 0.5) is 0 Å². The third kappa shape index (κ3) is 6.62. The van der Waals surface area contributed by atoms with Crippen LogP contribution >= 0.6 is 0 Å². The SMILES string of the molecule is COc1ccc(CN(C)CC2CCOCC2)c(OCC(O)CN2CCCC2)c1. The maximum Gasteiger partial charge on any atom is 0.127 e. The van der Waals surface area contributed by atoms with Gasteiger partial charge in [0.1, 0.15) is 24.2 Å². The highest BCUT2D eigenvalue weighted by molar-refractivity contribution is 5.40. The lowest BCUT2D eigenvalue weighted by Gasteiger charge is -2.27. The summed E-state index contributed by atoms with van der Waals surface area (Å²) < 4.78 is 16.9. The minimum atomic E-state index is -0.475. The Balaban J connectivity index is 1.55. The molecular weight excluding hydrogens is 356 g/mol. The summed E-state index contributed by atoms with van der Waals surface area (Å²) in [5, 5.41) is 10.4. The smallest absolute Gasteiger partial charge is 0.127 e. The van der Waals surface area contributed by atoms with Crippen LogP contribution in [0.3, 0.4) is 0 Å². The number of benzene rings is 1. The van der Waals surface area contributed by atoms with Crippen LogP contribution in [0.5, 0.6) is 11.5 Å². The third-order valence-corrected chi connectivity index (χ3v) is 5.72. The van der Waals surface area contributed by atoms with Gasteiger partial charge in [-0.25, -0.2) is 0 Å². The first-order valence-electron chi connectivity index (χ1n) is 10.6. The number of β-amino-alcohol motifs (C(OH)–C–C–N with tert-alkyl or cyclic N) is 1. The van der Waals surface area contributed by atoms with E-state index in [1.165, 1.54) is 12.8 Å². The zero-order chi connectivity index (χ0) is 19.8. The van der Waals surface area contributed by atoms with Crippen molar-refractivity contribution in [1.29, 1.82) is 0 Å². The van der Waals surface area contributed by atoms with Gasteiger partial charge in [0.2, 0.25) is 0 Å². The van der Waals surface area contributed by atoms with Crippen molar-refractivity contribution >= 4 is 0 Å². The number of hydrogen-bond donors (Lipinski definition) is 1. The zero-order valence-corrected chi connectivity index (χ0v) is 17.4. The van der Waals surface area contributed by atoms with Crippen molar-refractivity contribution in [2.45, 2.75) is 38.3 Å². The molecule has 3 rings (SSSR count). The molecule has 6 heteroatoms. The highest BCUT2D eigenvalue weighted by Gasteiger charge is 2.19. The normalized spacial score (nSPS) is 19.9. The van der Waals surface area contributed by atoms with Crippen molar-refractivity contribution in [1.82, 2.24) is 9.80 Å². The van der Waals surface area contributed by atoms with E-state index in [1.807, 2.05) is 12.1 Å². The first-order chi connectivity index (χ1) is 13.6. The highest BCUT2D eigenvalue weighted by Crippen LogP contribution is 2.27. The van der Waals surface area contributed by atoms with E-state index in [-0.39, 0.29) is 0 Å². The summed E-state index contributed by atoms with van der Waals surface area (Å²) in [7, 11) is 3.82. The van der Waals surface area contributed by atoms with Gasteiger partial charge in [-0.3, -0.25) is 0 Å². The quantitative estimate of drug-likeness (QED) is 0.660. The van der Waals surface area contributed by atoms with Crippen molar-refractivity contribution in [3.8, 4) is 11.5 Å². The second kappa shape index (κ2) is 11.0. The van der Waals surface area contributed by atoms with E-state index in [9.17, 15) is 5.11 Å². The lowest BCUT2D eigenvalue weighted by molar-refractivity contribution is 0.0546. The van der Waals surface area contributed by atoms with E-state index in [4.69, 9.17) is 14.2 Å². The Labute approximate surface area is 169 Å². The van der Waals surface area contributed by atoms with Crippen LogP contribution in [-0.4, -0.2) is 81.2 Å². The predicted octanol–water partition coefficient (Wildman–Crippen LogP) is 2.39. The van der Waals surface area contributed by atoms with Gasteiger partial charge in [0.25, 0.3) is 0 Å². The number of aliphatic hydroxyl groups is 1. The third-order valence-electron chi connectivity index (χ3n) is 5.72. The molecule has 1 aromatic rings. The zero-order valence-electron chi connectivity index (χ0n) is 17.4. The molecule has 1 atom stereocenters. The monoisotopic (exact) mass is 392 g/mol. The van der Waals surface area contributed by atoms with E-state index < -0.39 is 6.10 Å². The van der Waals surface area contributed by atoms with Crippen LogP contribution in [0.15, 0.2) is 18.2 Å². The molecule has 0 saturated carbocycles. The van der Waals surface area contributed by atoms with Gasteiger partial charge in [0.15, 0.2) is 0 Å². The summed E-state index contributed by atoms with van der Waals surface area (Å²) in [5.74, 6) is 2.28. The average Bonchev–Trinajstić information content (AvgIpc) is 3.21. The number of likely N-dealkylation sites (tertiary alicyclic amines) is 1. The second-order valence-electron chi connectivity index (χ2n) is 8.20. The molecule has 0 radical (unpaired) electrons. The molecule has 2 fully saturated rings. The highest BCUT2D eigenvalue weighted by atomic mass is 16.5. The Kier molecular flexibility index (Phi) is 8.40. The number of rotatable bonds is 10. The minimum absolute atomic E-state index is 0.306. The van der Waals surface area contributed by atoms with Crippen LogP contribution in [0, 0.1) is 5.92 Å². The summed E-state index contributed by atoms with van der Waals surface area (Å²) >= 11 is 0. The van der Waals surface area contributed by atoms with Gasteiger partial charge in [-0.05, 0) is 57.8 Å². The van der Waals surface area contributed by atoms with Gasteiger partial charge >= 0.3 is 0 Å². The van der Waals surface area contributed by atoms with Gasteiger partial charge in [-0.2, -0.15) is 0 Å². The number of methoxy groups -OCH3 is 1. The minimum Gasteiger partial charge on any atom is -0.497 e. The van der Waals surface area contributed by atoms with Gasteiger partial charge in [0, 0.05) is 44.5 Å². The van der Waals surface area contributed by atoms with Crippen molar-refractivity contribution < 1.29 is 19.3 Å². The molecule has 2 aliphatic rings. The molecule has 2 saturated heterocycles. The van der Waals surface area contributed by atoms with Gasteiger partial charge in [-0.1, -0.05) is 6.07 Å². The Hall–Kier alpha value is -1.34. The number of nitrogens with zero attached hydrogens (tertiary/aromatic N) is 2. The summed E-state index contributed by atoms with van der Waals surface area (Å²) in [4.78, 5) is 4.66. The molecular formula is C22H36N2O4. The molecule has 2 aliphatic heterocycles. The standard InChI is InChI=1S/C22H36N2O4/c1-23(14-18-7-11-27-12-8-18)15-19-5-6-21(26-2)13-22(19)28-17-20(25)16-24-9-3-4-10-24/h5-6,13,18,20,25H,3-4,7-12,14-17H2,1-2H3. The van der Waals surface area contributed by atoms with Crippen LogP contribution in [0.2, 0.25) is 0 Å². The van der Waals surface area contributed by atoms with Gasteiger partial charge in [0.05, 0.1) is 7.11 Å². The lowest BCUT2D eigenvalue weighted by Crippen LogP contribution is -2.34. The van der Waals surface area contributed by atoms with E-state index >= 15 is 0 Å². The molecule has 28 heavy (non-hydrogen) atoms. The van der Waals surface area contributed by atoms with Crippen LogP contribution in [0.25, 0.3) is 0 Å². The van der Waals surface area contributed by atoms with Crippen LogP contribution < -0.4 is 9.47 Å². The number of hydrogen-bond acceptors (Lipinski definition) is 6. The summed E-state index contributed by atoms with van der Waals surface area (Å²) in [6.45, 7) is 6.79. The summed E-state index contributed by atoms with van der Waals surface area (Å²) in [6, 6.07) is 5.98. The second-order valence-corrected chi connectivity index (χ2v) is 8.20. The maximum atomic E-state index is 10.4. The van der Waals surface area contributed by atoms with Crippen molar-refractivity contribution in [3.05, 3.63) is 23.8 Å². The fourth-order valence-electron chi connectivity index (χ4n) is 4.15. The van der Waals surface area contributed by atoms with Gasteiger partial charge in [-0.15, -0.1) is 0 Å². The predicted molar refractivity (Wildman–Crippen MR) is 110 cm³/mol. The first-order valence-corrected chi connectivity index (χ1v) is 10.6. The maximum absolute atomic E-state index is 10.4. The molecule has 0 spiro atoms. The fraction of sp³-hybridized carbons (Fsp3) is 0.727. The van der Waals surface area contributed by atoms with E-state index in [0.29, 0.717) is 19.1 Å². The first kappa shape index (κ1) is 21.4. The lowest BCUT2D eigenvalue weighted by atomic mass is 9.99. The van der Waals surface area contributed by atoms with Crippen molar-refractivity contribution in [2.75, 3.05) is 60.2 Å². The van der Waals surface area contributed by atoms with Gasteiger partial charge < -0.3 is 29.1 Å². The number of aliphatic hydroxyl groups excluding tert-OH is 1. The Morgan fingerprint density at radius 2 is 2.00 bits per heavy atom. The molecule has 6 nitrogen and oxygen atoms in total. The van der Waals surface area contributed by atoms with E-state index in [2.05, 4.69) is 22.9 Å². The largest absolute Gasteiger partial charge is 0.497 e. The molecule has 158 valence electrons. The summed E-state index contributed by atoms with van der Waals surface area (Å²) in [6.07, 6.45) is 4.26. The van der Waals surface area contributed by atoms with E-state index in [1.54, 1.807) is 7.11 Å². The molecule has 2 heterocycles. The van der Waals surface area contributed by atoms with Crippen LogP contribution in [-0.2, 0) is 11.3 Å². The van der Waals surface area contributed by atoms with Crippen LogP contribution in [0.1, 0.15) is 31.2 Å². The number of ether oxygens (including phenoxy) is 3.